The summed E-state index contributed by atoms with van der Waals surface area (Å²) in [6, 6.07) is 6.77. The van der Waals surface area contributed by atoms with E-state index in [1.807, 2.05) is 0 Å². The minimum atomic E-state index is -0.0244. The summed E-state index contributed by atoms with van der Waals surface area (Å²) in [4.78, 5) is 11.4. The van der Waals surface area contributed by atoms with Gasteiger partial charge in [0.2, 0.25) is 0 Å². The molecule has 2 aliphatic rings. The highest BCUT2D eigenvalue weighted by atomic mass is 16.5. The van der Waals surface area contributed by atoms with Gasteiger partial charge >= 0.3 is 0 Å². The number of Topliss-reactive ketones (excluding diaryl/α,β-unsaturated/α-hetero) is 1. The van der Waals surface area contributed by atoms with Gasteiger partial charge in [0.1, 0.15) is 5.78 Å². The molecule has 0 bridgehead atoms. The third kappa shape index (κ3) is 1.81. The Hall–Kier alpha value is -1.15. The van der Waals surface area contributed by atoms with Crippen LogP contribution in [-0.2, 0) is 27.8 Å². The first-order valence-corrected chi connectivity index (χ1v) is 6.39. The molecule has 0 radical (unpaired) electrons. The van der Waals surface area contributed by atoms with Crippen molar-refractivity contribution in [2.75, 3.05) is 13.2 Å². The number of carbonyl (C=O) groups excluding carboxylic acids is 1. The molecule has 1 aromatic rings. The van der Waals surface area contributed by atoms with Crippen molar-refractivity contribution >= 4 is 5.78 Å². The Kier molecular flexibility index (Phi) is 2.55. The normalized spacial score (nSPS) is 20.8. The first kappa shape index (κ1) is 11.0. The molecular formula is C15H18O2. The Bertz CT molecular complexity index is 458. The molecule has 2 heteroatoms. The van der Waals surface area contributed by atoms with E-state index in [-0.39, 0.29) is 11.2 Å². The molecular weight excluding hydrogens is 212 g/mol. The van der Waals surface area contributed by atoms with Crippen LogP contribution in [0.5, 0.6) is 0 Å². The van der Waals surface area contributed by atoms with Crippen molar-refractivity contribution in [2.24, 2.45) is 0 Å². The van der Waals surface area contributed by atoms with Crippen LogP contribution in [0.3, 0.4) is 0 Å². The zero-order chi connectivity index (χ0) is 11.9. The van der Waals surface area contributed by atoms with Gasteiger partial charge in [0.15, 0.2) is 0 Å². The molecule has 0 spiro atoms. The lowest BCUT2D eigenvalue weighted by Crippen LogP contribution is -2.48. The molecule has 3 rings (SSSR count). The van der Waals surface area contributed by atoms with Crippen LogP contribution in [0.1, 0.15) is 36.5 Å². The van der Waals surface area contributed by atoms with Crippen LogP contribution in [0.2, 0.25) is 0 Å². The first-order valence-electron chi connectivity index (χ1n) is 6.39. The lowest BCUT2D eigenvalue weighted by Gasteiger charge is -2.41. The first-order chi connectivity index (χ1) is 8.20. The average Bonchev–Trinajstić information content (AvgIpc) is 2.69. The van der Waals surface area contributed by atoms with Gasteiger partial charge in [0.25, 0.3) is 0 Å². The van der Waals surface area contributed by atoms with Gasteiger partial charge in [-0.15, -0.1) is 0 Å². The Labute approximate surface area is 102 Å². The molecule has 1 aliphatic heterocycles. The summed E-state index contributed by atoms with van der Waals surface area (Å²) in [6.07, 6.45) is 4.30. The van der Waals surface area contributed by atoms with E-state index in [0.29, 0.717) is 19.6 Å². The van der Waals surface area contributed by atoms with Crippen molar-refractivity contribution in [3.05, 3.63) is 34.9 Å². The molecule has 0 N–H and O–H groups in total. The van der Waals surface area contributed by atoms with Crippen LogP contribution in [0.15, 0.2) is 18.2 Å². The van der Waals surface area contributed by atoms with Crippen LogP contribution in [-0.4, -0.2) is 19.0 Å². The van der Waals surface area contributed by atoms with Crippen LogP contribution >= 0.6 is 0 Å². The molecule has 0 amide bonds. The van der Waals surface area contributed by atoms with E-state index < -0.39 is 0 Å². The molecule has 1 fully saturated rings. The van der Waals surface area contributed by atoms with E-state index in [1.54, 1.807) is 6.92 Å². The second-order valence-electron chi connectivity index (χ2n) is 5.49. The van der Waals surface area contributed by atoms with Gasteiger partial charge in [-0.2, -0.15) is 0 Å². The van der Waals surface area contributed by atoms with E-state index in [9.17, 15) is 4.79 Å². The Morgan fingerprint density at radius 1 is 1.29 bits per heavy atom. The zero-order valence-electron chi connectivity index (χ0n) is 10.3. The molecule has 2 nitrogen and oxygen atoms in total. The van der Waals surface area contributed by atoms with Gasteiger partial charge in [-0.05, 0) is 42.9 Å². The minimum Gasteiger partial charge on any atom is -0.379 e. The van der Waals surface area contributed by atoms with Crippen molar-refractivity contribution < 1.29 is 9.53 Å². The minimum absolute atomic E-state index is 0.0244. The van der Waals surface area contributed by atoms with Crippen molar-refractivity contribution in [1.82, 2.24) is 0 Å². The second kappa shape index (κ2) is 3.95. The third-order valence-electron chi connectivity index (χ3n) is 4.05. The second-order valence-corrected chi connectivity index (χ2v) is 5.49. The number of aryl methyl sites for hydroxylation is 2. The fraction of sp³-hybridized carbons (Fsp3) is 0.533. The zero-order valence-corrected chi connectivity index (χ0v) is 10.3. The van der Waals surface area contributed by atoms with Gasteiger partial charge in [0.05, 0.1) is 13.2 Å². The van der Waals surface area contributed by atoms with Crippen molar-refractivity contribution in [3.8, 4) is 0 Å². The number of hydrogen-bond acceptors (Lipinski definition) is 2. The lowest BCUT2D eigenvalue weighted by molar-refractivity contribution is -0.125. The highest BCUT2D eigenvalue weighted by molar-refractivity contribution is 5.77. The van der Waals surface area contributed by atoms with Crippen LogP contribution < -0.4 is 0 Å². The van der Waals surface area contributed by atoms with Crippen molar-refractivity contribution in [1.29, 1.82) is 0 Å². The highest BCUT2D eigenvalue weighted by Gasteiger charge is 2.41. The Morgan fingerprint density at radius 3 is 2.71 bits per heavy atom. The number of ketones is 1. The lowest BCUT2D eigenvalue weighted by atomic mass is 9.74. The summed E-state index contributed by atoms with van der Waals surface area (Å²) in [5.41, 5.74) is 4.26. The quantitative estimate of drug-likeness (QED) is 0.797. The topological polar surface area (TPSA) is 26.3 Å². The maximum Gasteiger partial charge on any atom is 0.130 e. The number of rotatable bonds is 3. The summed E-state index contributed by atoms with van der Waals surface area (Å²) in [5, 5.41) is 0. The van der Waals surface area contributed by atoms with Gasteiger partial charge in [-0.1, -0.05) is 18.2 Å². The number of benzene rings is 1. The fourth-order valence-corrected chi connectivity index (χ4v) is 3.10. The molecule has 17 heavy (non-hydrogen) atoms. The molecule has 0 saturated carbocycles. The summed E-state index contributed by atoms with van der Waals surface area (Å²) < 4.78 is 5.36. The summed E-state index contributed by atoms with van der Waals surface area (Å²) >= 11 is 0. The molecule has 1 aliphatic carbocycles. The van der Waals surface area contributed by atoms with Gasteiger partial charge in [0, 0.05) is 11.8 Å². The van der Waals surface area contributed by atoms with Crippen LogP contribution in [0, 0.1) is 0 Å². The Morgan fingerprint density at radius 2 is 2.06 bits per heavy atom. The number of hydrogen-bond donors (Lipinski definition) is 0. The van der Waals surface area contributed by atoms with Crippen LogP contribution in [0.25, 0.3) is 0 Å². The smallest absolute Gasteiger partial charge is 0.130 e. The SMILES string of the molecule is CC(=O)CC1(c2ccc3c(c2)CCC3)COC1. The van der Waals surface area contributed by atoms with E-state index in [1.165, 1.54) is 36.0 Å². The maximum absolute atomic E-state index is 11.4. The maximum atomic E-state index is 11.4. The van der Waals surface area contributed by atoms with E-state index in [0.717, 1.165) is 0 Å². The highest BCUT2D eigenvalue weighted by Crippen LogP contribution is 2.38. The number of carbonyl (C=O) groups is 1. The third-order valence-corrected chi connectivity index (χ3v) is 4.05. The van der Waals surface area contributed by atoms with Crippen molar-refractivity contribution in [2.45, 2.75) is 38.0 Å². The monoisotopic (exact) mass is 230 g/mol. The molecule has 90 valence electrons. The predicted molar refractivity (Wildman–Crippen MR) is 66.3 cm³/mol. The predicted octanol–water partition coefficient (Wildman–Crippen LogP) is 2.42. The molecule has 0 unspecified atom stereocenters. The van der Waals surface area contributed by atoms with E-state index >= 15 is 0 Å². The molecule has 1 heterocycles. The Balaban J connectivity index is 1.94. The van der Waals surface area contributed by atoms with E-state index in [2.05, 4.69) is 18.2 Å². The molecule has 1 aromatic carbocycles. The summed E-state index contributed by atoms with van der Waals surface area (Å²) in [6.45, 7) is 3.07. The standard InChI is InChI=1S/C15H18O2/c1-11(16)8-15(9-17-10-15)14-6-5-12-3-2-4-13(12)7-14/h5-7H,2-4,8-10H2,1H3. The molecule has 1 saturated heterocycles. The number of fused-ring (bicyclic) bond motifs is 1. The molecule has 0 atom stereocenters. The van der Waals surface area contributed by atoms with Gasteiger partial charge in [-0.25, -0.2) is 0 Å². The fourth-order valence-electron chi connectivity index (χ4n) is 3.10. The van der Waals surface area contributed by atoms with E-state index in [4.69, 9.17) is 4.74 Å². The summed E-state index contributed by atoms with van der Waals surface area (Å²) in [5.74, 6) is 0.258. The van der Waals surface area contributed by atoms with Crippen LogP contribution in [0.4, 0.5) is 0 Å². The molecule has 0 aromatic heterocycles. The summed E-state index contributed by atoms with van der Waals surface area (Å²) in [7, 11) is 0. The van der Waals surface area contributed by atoms with Gasteiger partial charge < -0.3 is 4.74 Å². The van der Waals surface area contributed by atoms with Crippen molar-refractivity contribution in [3.63, 3.8) is 0 Å². The largest absolute Gasteiger partial charge is 0.379 e. The van der Waals surface area contributed by atoms with Gasteiger partial charge in [-0.3, -0.25) is 4.79 Å². The average molecular weight is 230 g/mol. The number of ether oxygens (including phenoxy) is 1.